The van der Waals surface area contributed by atoms with Crippen molar-refractivity contribution in [2.75, 3.05) is 0 Å². The lowest BCUT2D eigenvalue weighted by Crippen LogP contribution is -1.98. The van der Waals surface area contributed by atoms with Crippen LogP contribution in [0.15, 0.2) is 109 Å². The van der Waals surface area contributed by atoms with E-state index in [4.69, 9.17) is 0 Å². The van der Waals surface area contributed by atoms with E-state index in [0.717, 1.165) is 18.9 Å². The quantitative estimate of drug-likeness (QED) is 0.323. The number of Topliss-reactive ketones (excluding diaryl/α,β-unsaturated/α-hetero) is 1. The highest BCUT2D eigenvalue weighted by Gasteiger charge is 2.16. The highest BCUT2D eigenvalue weighted by atomic mass is 19.2. The van der Waals surface area contributed by atoms with Gasteiger partial charge in [0.05, 0.1) is 0 Å². The van der Waals surface area contributed by atoms with E-state index in [-0.39, 0.29) is 11.1 Å². The third-order valence-corrected chi connectivity index (χ3v) is 3.41. The van der Waals surface area contributed by atoms with Crippen LogP contribution in [0.2, 0.25) is 0 Å². The van der Waals surface area contributed by atoms with Gasteiger partial charge in [0.1, 0.15) is 0 Å². The Balaban J connectivity index is 5.12. The molecule has 132 valence electrons. The summed E-state index contributed by atoms with van der Waals surface area (Å²) >= 11 is 0. The van der Waals surface area contributed by atoms with Crippen LogP contribution in [0.5, 0.6) is 0 Å². The highest BCUT2D eigenvalue weighted by molar-refractivity contribution is 5.96. The Hall–Kier alpha value is -2.81. The minimum absolute atomic E-state index is 0.139. The van der Waals surface area contributed by atoms with Gasteiger partial charge in [-0.25, -0.2) is 8.78 Å². The maximum Gasteiger partial charge on any atom is 0.169 e. The van der Waals surface area contributed by atoms with Gasteiger partial charge in [-0.3, -0.25) is 4.79 Å². The minimum Gasteiger partial charge on any atom is -0.294 e. The van der Waals surface area contributed by atoms with E-state index in [2.05, 4.69) is 39.5 Å². The van der Waals surface area contributed by atoms with E-state index in [1.807, 2.05) is 13.0 Å². The minimum atomic E-state index is -1.34. The second kappa shape index (κ2) is 10.1. The standard InChI is InChI=1S/C22H24F2O/c1-9-14(2)10-11-15(3)16(4)12-13-17(5)18(6)21(23)22(24)19(7)20(8)25/h10-13H,2-7,9H2,1,8H3/b11-10-,13-12-,22-21-. The molecule has 0 atom stereocenters. The van der Waals surface area contributed by atoms with Crippen molar-refractivity contribution < 1.29 is 13.6 Å². The molecule has 0 unspecified atom stereocenters. The van der Waals surface area contributed by atoms with Crippen LogP contribution in [0, 0.1) is 0 Å². The van der Waals surface area contributed by atoms with Gasteiger partial charge >= 0.3 is 0 Å². The molecule has 1 nitrogen and oxygen atoms in total. The van der Waals surface area contributed by atoms with Crippen molar-refractivity contribution in [2.45, 2.75) is 20.3 Å². The summed E-state index contributed by atoms with van der Waals surface area (Å²) in [6, 6.07) is 0. The summed E-state index contributed by atoms with van der Waals surface area (Å²) in [5.41, 5.74) is 1.49. The molecule has 25 heavy (non-hydrogen) atoms. The predicted molar refractivity (Wildman–Crippen MR) is 103 cm³/mol. The third kappa shape index (κ3) is 7.08. The lowest BCUT2D eigenvalue weighted by molar-refractivity contribution is -0.113. The second-order valence-corrected chi connectivity index (χ2v) is 5.40. The highest BCUT2D eigenvalue weighted by Crippen LogP contribution is 2.27. The Morgan fingerprint density at radius 3 is 1.60 bits per heavy atom. The number of ketones is 1. The zero-order valence-corrected chi connectivity index (χ0v) is 14.9. The van der Waals surface area contributed by atoms with Crippen LogP contribution < -0.4 is 0 Å². The molecule has 0 aromatic heterocycles. The Morgan fingerprint density at radius 2 is 1.16 bits per heavy atom. The molecule has 0 rings (SSSR count). The fourth-order valence-electron chi connectivity index (χ4n) is 1.41. The van der Waals surface area contributed by atoms with Crippen molar-refractivity contribution in [2.24, 2.45) is 0 Å². The number of rotatable bonds is 10. The smallest absolute Gasteiger partial charge is 0.169 e. The lowest BCUT2D eigenvalue weighted by atomic mass is 10.0. The number of carbonyl (C=O) groups excluding carboxylic acids is 1. The zero-order chi connectivity index (χ0) is 19.7. The molecule has 0 bridgehead atoms. The monoisotopic (exact) mass is 342 g/mol. The molecule has 0 fully saturated rings. The first-order chi connectivity index (χ1) is 11.5. The van der Waals surface area contributed by atoms with Gasteiger partial charge in [0.15, 0.2) is 17.4 Å². The number of hydrogen-bond donors (Lipinski definition) is 0. The molecule has 0 spiro atoms. The fraction of sp³-hybridized carbons (Fsp3) is 0.136. The van der Waals surface area contributed by atoms with E-state index >= 15 is 0 Å². The lowest BCUT2D eigenvalue weighted by Gasteiger charge is -2.06. The molecular formula is C22H24F2O. The van der Waals surface area contributed by atoms with Gasteiger partial charge in [0.2, 0.25) is 0 Å². The molecule has 0 heterocycles. The van der Waals surface area contributed by atoms with Crippen LogP contribution in [-0.2, 0) is 4.79 Å². The molecule has 0 radical (unpaired) electrons. The first-order valence-electron chi connectivity index (χ1n) is 7.59. The van der Waals surface area contributed by atoms with Crippen LogP contribution in [0.3, 0.4) is 0 Å². The van der Waals surface area contributed by atoms with Crippen molar-refractivity contribution in [1.29, 1.82) is 0 Å². The van der Waals surface area contributed by atoms with Gasteiger partial charge in [0, 0.05) is 11.1 Å². The Bertz CT molecular complexity index is 740. The first kappa shape index (κ1) is 22.2. The second-order valence-electron chi connectivity index (χ2n) is 5.40. The summed E-state index contributed by atoms with van der Waals surface area (Å²) in [6.07, 6.45) is 7.44. The molecule has 0 N–H and O–H groups in total. The Kier molecular flexibility index (Phi) is 9.00. The average molecular weight is 342 g/mol. The van der Waals surface area contributed by atoms with Gasteiger partial charge in [-0.1, -0.05) is 76.3 Å². The van der Waals surface area contributed by atoms with Crippen molar-refractivity contribution in [3.63, 3.8) is 0 Å². The molecule has 0 amide bonds. The van der Waals surface area contributed by atoms with Gasteiger partial charge < -0.3 is 0 Å². The molecule has 0 aliphatic carbocycles. The summed E-state index contributed by atoms with van der Waals surface area (Å²) in [4.78, 5) is 11.1. The normalized spacial score (nSPS) is 12.0. The Morgan fingerprint density at radius 1 is 0.760 bits per heavy atom. The molecule has 0 aromatic carbocycles. The summed E-state index contributed by atoms with van der Waals surface area (Å²) < 4.78 is 27.8. The number of halogens is 2. The summed E-state index contributed by atoms with van der Waals surface area (Å²) in [6.45, 7) is 24.9. The van der Waals surface area contributed by atoms with Crippen LogP contribution >= 0.6 is 0 Å². The zero-order valence-electron chi connectivity index (χ0n) is 14.9. The van der Waals surface area contributed by atoms with E-state index < -0.39 is 23.0 Å². The summed E-state index contributed by atoms with van der Waals surface area (Å²) in [5, 5.41) is 0. The molecule has 3 heteroatoms. The Labute approximate surface area is 149 Å². The SMILES string of the molecule is C=C(/C=C\C(=C)C(=C)/C=C\C(=C)C(=C)/C(F)=C(/F)C(=C)C(C)=O)CC. The van der Waals surface area contributed by atoms with Crippen molar-refractivity contribution in [3.05, 3.63) is 109 Å². The predicted octanol–water partition coefficient (Wildman–Crippen LogP) is 6.59. The van der Waals surface area contributed by atoms with E-state index in [1.54, 1.807) is 12.2 Å². The van der Waals surface area contributed by atoms with Gasteiger partial charge in [0.25, 0.3) is 0 Å². The first-order valence-corrected chi connectivity index (χ1v) is 7.59. The van der Waals surface area contributed by atoms with E-state index in [0.29, 0.717) is 11.1 Å². The number of allylic oxidation sites excluding steroid dienone is 12. The topological polar surface area (TPSA) is 17.1 Å². The summed E-state index contributed by atoms with van der Waals surface area (Å²) in [7, 11) is 0. The van der Waals surface area contributed by atoms with Crippen LogP contribution in [0.25, 0.3) is 0 Å². The van der Waals surface area contributed by atoms with Gasteiger partial charge in [-0.2, -0.15) is 0 Å². The van der Waals surface area contributed by atoms with Crippen LogP contribution in [0.1, 0.15) is 20.3 Å². The molecule has 0 aromatic rings. The molecule has 0 saturated heterocycles. The molecule has 0 aliphatic heterocycles. The van der Waals surface area contributed by atoms with Crippen molar-refractivity contribution >= 4 is 5.78 Å². The third-order valence-electron chi connectivity index (χ3n) is 3.41. The van der Waals surface area contributed by atoms with E-state index in [9.17, 15) is 13.6 Å². The van der Waals surface area contributed by atoms with Crippen LogP contribution in [-0.4, -0.2) is 5.78 Å². The van der Waals surface area contributed by atoms with Crippen molar-refractivity contribution in [3.8, 4) is 0 Å². The molecular weight excluding hydrogens is 318 g/mol. The van der Waals surface area contributed by atoms with Gasteiger partial charge in [-0.15, -0.1) is 0 Å². The number of hydrogen-bond acceptors (Lipinski definition) is 1. The van der Waals surface area contributed by atoms with E-state index in [1.165, 1.54) is 6.08 Å². The average Bonchev–Trinajstić information content (AvgIpc) is 2.60. The number of carbonyl (C=O) groups is 1. The molecule has 0 aliphatic rings. The maximum absolute atomic E-state index is 14.0. The fourth-order valence-corrected chi connectivity index (χ4v) is 1.41. The molecule has 0 saturated carbocycles. The van der Waals surface area contributed by atoms with Crippen molar-refractivity contribution in [1.82, 2.24) is 0 Å². The van der Waals surface area contributed by atoms with Crippen LogP contribution in [0.4, 0.5) is 8.78 Å². The maximum atomic E-state index is 14.0. The van der Waals surface area contributed by atoms with Gasteiger partial charge in [-0.05, 0) is 30.1 Å². The largest absolute Gasteiger partial charge is 0.294 e. The summed E-state index contributed by atoms with van der Waals surface area (Å²) in [5.74, 6) is -3.26.